The highest BCUT2D eigenvalue weighted by atomic mass is 16.5. The van der Waals surface area contributed by atoms with Gasteiger partial charge in [0.05, 0.1) is 22.3 Å². The Kier molecular flexibility index (Phi) is 10.3. The Morgan fingerprint density at radius 2 is 0.830 bits per heavy atom. The number of carbonyl (C=O) groups excluding carboxylic acids is 2. The molecular formula is C43H34N2O8. The molecule has 0 unspecified atom stereocenters. The molecule has 0 heterocycles. The molecule has 10 nitrogen and oxygen atoms in total. The molecule has 6 aromatic rings. The summed E-state index contributed by atoms with van der Waals surface area (Å²) in [6, 6.07) is 41.4. The molecule has 0 fully saturated rings. The summed E-state index contributed by atoms with van der Waals surface area (Å²) in [6.45, 7) is 4.14. The molecule has 0 bridgehead atoms. The van der Waals surface area contributed by atoms with Crippen molar-refractivity contribution in [1.82, 2.24) is 0 Å². The first kappa shape index (κ1) is 35.6. The van der Waals surface area contributed by atoms with Crippen LogP contribution in [-0.2, 0) is 5.41 Å². The molecule has 0 aliphatic rings. The van der Waals surface area contributed by atoms with E-state index >= 15 is 0 Å². The summed E-state index contributed by atoms with van der Waals surface area (Å²) in [6.07, 6.45) is 0. The van der Waals surface area contributed by atoms with Crippen molar-refractivity contribution in [2.24, 2.45) is 0 Å². The fourth-order valence-corrected chi connectivity index (χ4v) is 5.68. The summed E-state index contributed by atoms with van der Waals surface area (Å²) in [5, 5.41) is 24.4. The lowest BCUT2D eigenvalue weighted by Crippen LogP contribution is -2.20. The van der Waals surface area contributed by atoms with Crippen molar-refractivity contribution >= 4 is 35.1 Å². The molecule has 6 aromatic carbocycles. The van der Waals surface area contributed by atoms with Gasteiger partial charge in [0.2, 0.25) is 0 Å². The monoisotopic (exact) mass is 706 g/mol. The quantitative estimate of drug-likeness (QED) is 0.0982. The van der Waals surface area contributed by atoms with Crippen molar-refractivity contribution in [1.29, 1.82) is 0 Å². The van der Waals surface area contributed by atoms with Gasteiger partial charge in [0.1, 0.15) is 23.0 Å². The van der Waals surface area contributed by atoms with Gasteiger partial charge in [0, 0.05) is 16.8 Å². The van der Waals surface area contributed by atoms with Crippen molar-refractivity contribution < 1.29 is 38.9 Å². The van der Waals surface area contributed by atoms with Crippen molar-refractivity contribution in [3.63, 3.8) is 0 Å². The smallest absolute Gasteiger partial charge is 0.336 e. The molecule has 0 spiro atoms. The number of carboxylic acids is 2. The normalized spacial score (nSPS) is 10.9. The van der Waals surface area contributed by atoms with Gasteiger partial charge in [0.25, 0.3) is 11.8 Å². The van der Waals surface area contributed by atoms with E-state index in [1.165, 1.54) is 18.2 Å². The zero-order valence-corrected chi connectivity index (χ0v) is 28.7. The molecule has 0 saturated carbocycles. The Labute approximate surface area is 305 Å². The summed E-state index contributed by atoms with van der Waals surface area (Å²) in [5.41, 5.74) is 2.35. The van der Waals surface area contributed by atoms with Gasteiger partial charge in [-0.3, -0.25) is 9.59 Å². The second-order valence-electron chi connectivity index (χ2n) is 12.5. The minimum absolute atomic E-state index is 0.143. The maximum absolute atomic E-state index is 13.5. The fraction of sp³-hybridized carbons (Fsp3) is 0.0698. The minimum Gasteiger partial charge on any atom is -0.478 e. The van der Waals surface area contributed by atoms with E-state index in [1.807, 2.05) is 60.7 Å². The Hall–Kier alpha value is -7.20. The highest BCUT2D eigenvalue weighted by molar-refractivity contribution is 6.15. The van der Waals surface area contributed by atoms with Crippen LogP contribution >= 0.6 is 0 Å². The van der Waals surface area contributed by atoms with E-state index in [4.69, 9.17) is 9.47 Å². The lowest BCUT2D eigenvalue weighted by atomic mass is 9.78. The fourth-order valence-electron chi connectivity index (χ4n) is 5.68. The zero-order valence-electron chi connectivity index (χ0n) is 28.7. The van der Waals surface area contributed by atoms with Crippen LogP contribution in [0.4, 0.5) is 11.4 Å². The summed E-state index contributed by atoms with van der Waals surface area (Å²) >= 11 is 0. The number of anilines is 2. The van der Waals surface area contributed by atoms with Gasteiger partial charge in [-0.05, 0) is 96.1 Å². The van der Waals surface area contributed by atoms with E-state index in [0.29, 0.717) is 28.6 Å². The predicted molar refractivity (Wildman–Crippen MR) is 201 cm³/mol. The van der Waals surface area contributed by atoms with Gasteiger partial charge >= 0.3 is 11.9 Å². The highest BCUT2D eigenvalue weighted by Gasteiger charge is 2.24. The number of benzene rings is 6. The number of carboxylic acid groups (broad SMARTS) is 2. The number of ether oxygens (including phenoxy) is 2. The molecule has 264 valence electrons. The first-order valence-electron chi connectivity index (χ1n) is 16.5. The van der Waals surface area contributed by atoms with Gasteiger partial charge in [-0.1, -0.05) is 74.5 Å². The molecule has 0 saturated heterocycles. The Morgan fingerprint density at radius 3 is 1.26 bits per heavy atom. The largest absolute Gasteiger partial charge is 0.478 e. The van der Waals surface area contributed by atoms with E-state index in [2.05, 4.69) is 24.5 Å². The number of hydrogen-bond donors (Lipinski definition) is 4. The third-order valence-electron chi connectivity index (χ3n) is 8.62. The molecule has 0 radical (unpaired) electrons. The van der Waals surface area contributed by atoms with Crippen LogP contribution in [0.5, 0.6) is 23.0 Å². The Morgan fingerprint density at radius 1 is 0.453 bits per heavy atom. The lowest BCUT2D eigenvalue weighted by Gasteiger charge is -2.26. The second kappa shape index (κ2) is 15.4. The van der Waals surface area contributed by atoms with Gasteiger partial charge in [0.15, 0.2) is 0 Å². The van der Waals surface area contributed by atoms with E-state index in [9.17, 15) is 29.4 Å². The number of amides is 2. The molecule has 0 aromatic heterocycles. The maximum Gasteiger partial charge on any atom is 0.336 e. The molecule has 0 aliphatic heterocycles. The van der Waals surface area contributed by atoms with Crippen LogP contribution in [0.1, 0.15) is 66.4 Å². The lowest BCUT2D eigenvalue weighted by molar-refractivity contribution is 0.0651. The van der Waals surface area contributed by atoms with E-state index in [1.54, 1.807) is 66.7 Å². The molecule has 2 amide bonds. The number of nitrogens with one attached hydrogen (secondary N) is 2. The molecule has 0 atom stereocenters. The number of carbonyl (C=O) groups is 4. The summed E-state index contributed by atoms with van der Waals surface area (Å²) in [7, 11) is 0. The molecule has 53 heavy (non-hydrogen) atoms. The molecular weight excluding hydrogens is 672 g/mol. The topological polar surface area (TPSA) is 151 Å². The van der Waals surface area contributed by atoms with Gasteiger partial charge < -0.3 is 30.3 Å². The Bertz CT molecular complexity index is 2290. The van der Waals surface area contributed by atoms with E-state index in [-0.39, 0.29) is 28.0 Å². The van der Waals surface area contributed by atoms with Crippen LogP contribution < -0.4 is 20.1 Å². The van der Waals surface area contributed by atoms with Gasteiger partial charge in [-0.25, -0.2) is 9.59 Å². The van der Waals surface area contributed by atoms with Gasteiger partial charge in [-0.15, -0.1) is 0 Å². The summed E-state index contributed by atoms with van der Waals surface area (Å²) in [5.74, 6) is -2.05. The number of rotatable bonds is 12. The predicted octanol–water partition coefficient (Wildman–Crippen LogP) is 9.50. The van der Waals surface area contributed by atoms with Crippen molar-refractivity contribution in [3.8, 4) is 23.0 Å². The van der Waals surface area contributed by atoms with Gasteiger partial charge in [-0.2, -0.15) is 0 Å². The van der Waals surface area contributed by atoms with Crippen LogP contribution in [0, 0.1) is 0 Å². The van der Waals surface area contributed by atoms with Crippen LogP contribution in [0.2, 0.25) is 0 Å². The molecule has 10 heteroatoms. The summed E-state index contributed by atoms with van der Waals surface area (Å²) in [4.78, 5) is 49.7. The van der Waals surface area contributed by atoms with Crippen LogP contribution in [0.25, 0.3) is 0 Å². The van der Waals surface area contributed by atoms with Crippen molar-refractivity contribution in [3.05, 3.63) is 179 Å². The number of aromatic carboxylic acids is 2. The third-order valence-corrected chi connectivity index (χ3v) is 8.62. The van der Waals surface area contributed by atoms with Crippen molar-refractivity contribution in [2.75, 3.05) is 10.6 Å². The molecule has 6 rings (SSSR count). The van der Waals surface area contributed by atoms with Crippen LogP contribution in [0.3, 0.4) is 0 Å². The van der Waals surface area contributed by atoms with Crippen LogP contribution in [0.15, 0.2) is 146 Å². The number of para-hydroxylation sites is 2. The zero-order chi connectivity index (χ0) is 37.5. The average Bonchev–Trinajstić information content (AvgIpc) is 3.16. The van der Waals surface area contributed by atoms with Crippen LogP contribution in [-0.4, -0.2) is 34.0 Å². The Balaban J connectivity index is 1.18. The maximum atomic E-state index is 13.5. The van der Waals surface area contributed by atoms with E-state index < -0.39 is 29.2 Å². The number of hydrogen-bond acceptors (Lipinski definition) is 6. The highest BCUT2D eigenvalue weighted by Crippen LogP contribution is 2.35. The molecule has 0 aliphatic carbocycles. The SMILES string of the molecule is CC(C)(c1ccc(Oc2ccc(C(=O)O)c(C(=O)O)c2)cc1)c1ccc(Oc2ccc(C(=O)Nc3ccccc3)c(C(=O)Nc3ccccc3)c2)cc1. The third kappa shape index (κ3) is 8.41. The average molecular weight is 707 g/mol. The van der Waals surface area contributed by atoms with E-state index in [0.717, 1.165) is 11.1 Å². The summed E-state index contributed by atoms with van der Waals surface area (Å²) < 4.78 is 12.0. The standard InChI is InChI=1S/C43H34N2O8/c1-43(2,28-15-19-32(20-16-28)53-34-22-24-36(41(48)49)38(26-34)42(50)51)27-13-17-31(18-14-27)52-33-21-23-35(39(46)44-29-9-5-3-6-10-29)37(25-33)40(47)45-30-11-7-4-8-12-30/h3-26H,1-2H3,(H,44,46)(H,45,47)(H,48,49)(H,50,51). The minimum atomic E-state index is -1.36. The first-order chi connectivity index (χ1) is 25.5. The first-order valence-corrected chi connectivity index (χ1v) is 16.5. The van der Waals surface area contributed by atoms with Crippen molar-refractivity contribution in [2.45, 2.75) is 19.3 Å². The molecule has 4 N–H and O–H groups in total. The second-order valence-corrected chi connectivity index (χ2v) is 12.5.